The summed E-state index contributed by atoms with van der Waals surface area (Å²) in [5.41, 5.74) is 0. The van der Waals surface area contributed by atoms with Crippen LogP contribution in [0.5, 0.6) is 5.88 Å². The molecule has 78 valence electrons. The highest BCUT2D eigenvalue weighted by molar-refractivity contribution is 7.97. The molecule has 1 atom stereocenters. The second-order valence-corrected chi connectivity index (χ2v) is 4.22. The molecule has 1 aliphatic rings. The average Bonchev–Trinajstić information content (AvgIpc) is 2.59. The topological polar surface area (TPSA) is 56.3 Å². The van der Waals surface area contributed by atoms with Gasteiger partial charge in [-0.2, -0.15) is 5.10 Å². The molecule has 0 fully saturated rings. The first-order valence-electron chi connectivity index (χ1n) is 4.44. The first-order valence-corrected chi connectivity index (χ1v) is 5.32. The number of aromatic nitrogens is 2. The lowest BCUT2D eigenvalue weighted by Crippen LogP contribution is -2.41. The number of fused-ring (bicyclic) bond motifs is 1. The minimum atomic E-state index is 0.387. The third kappa shape index (κ3) is 1.60. The Morgan fingerprint density at radius 3 is 3.14 bits per heavy atom. The lowest BCUT2D eigenvalue weighted by atomic mass is 10.3. The van der Waals surface area contributed by atoms with Gasteiger partial charge in [0.05, 0.1) is 18.8 Å². The van der Waals surface area contributed by atoms with E-state index >= 15 is 0 Å². The van der Waals surface area contributed by atoms with Crippen LogP contribution < -0.4 is 9.88 Å². The lowest BCUT2D eigenvalue weighted by Gasteiger charge is -2.29. The van der Waals surface area contributed by atoms with Crippen LogP contribution in [0.1, 0.15) is 0 Å². The molecule has 6 heteroatoms. The minimum absolute atomic E-state index is 0.387. The van der Waals surface area contributed by atoms with Crippen LogP contribution in [-0.2, 0) is 6.54 Å². The van der Waals surface area contributed by atoms with Gasteiger partial charge in [0, 0.05) is 0 Å². The fourth-order valence-electron chi connectivity index (χ4n) is 1.45. The summed E-state index contributed by atoms with van der Waals surface area (Å²) in [6, 6.07) is 0.387. The van der Waals surface area contributed by atoms with E-state index < -0.39 is 0 Å². The van der Waals surface area contributed by atoms with Crippen LogP contribution in [0.25, 0.3) is 0 Å². The normalized spacial score (nSPS) is 20.7. The van der Waals surface area contributed by atoms with Crippen LogP contribution in [0, 0.1) is 0 Å². The molecule has 0 aromatic carbocycles. The van der Waals surface area contributed by atoms with Crippen molar-refractivity contribution in [3.63, 3.8) is 0 Å². The molecule has 0 amide bonds. The van der Waals surface area contributed by atoms with Gasteiger partial charge in [0.1, 0.15) is 11.5 Å². The molecule has 2 N–H and O–H groups in total. The van der Waals surface area contributed by atoms with Crippen molar-refractivity contribution in [2.24, 2.45) is 5.14 Å². The average molecular weight is 214 g/mol. The van der Waals surface area contributed by atoms with Crippen molar-refractivity contribution >= 4 is 11.9 Å². The molecule has 0 spiro atoms. The number of nitrogens with zero attached hydrogens (tertiary/aromatic N) is 3. The smallest absolute Gasteiger partial charge is 0.227 e. The summed E-state index contributed by atoms with van der Waals surface area (Å²) in [5, 5.41) is 9.71. The number of ether oxygens (including phenoxy) is 1. The van der Waals surface area contributed by atoms with E-state index in [0.717, 1.165) is 17.3 Å². The van der Waals surface area contributed by atoms with Crippen molar-refractivity contribution < 1.29 is 4.74 Å². The molecule has 1 unspecified atom stereocenters. The van der Waals surface area contributed by atoms with Gasteiger partial charge >= 0.3 is 0 Å². The standard InChI is InChI=1S/C8H14N4OS/c1-11(2)6-4-12-8(13-5-6)7(14-9)3-10-12/h3,6H,4-5,9H2,1-2H3. The van der Waals surface area contributed by atoms with Gasteiger partial charge in [-0.05, 0) is 26.0 Å². The molecule has 14 heavy (non-hydrogen) atoms. The molecular formula is C8H14N4OS. The van der Waals surface area contributed by atoms with E-state index in [1.165, 1.54) is 11.9 Å². The Bertz CT molecular complexity index is 325. The van der Waals surface area contributed by atoms with E-state index in [-0.39, 0.29) is 0 Å². The molecule has 0 saturated heterocycles. The van der Waals surface area contributed by atoms with E-state index in [9.17, 15) is 0 Å². The maximum absolute atomic E-state index is 5.62. The summed E-state index contributed by atoms with van der Waals surface area (Å²) in [6.45, 7) is 1.56. The SMILES string of the molecule is CN(C)C1COc2c(SN)cnn2C1. The molecule has 0 aliphatic carbocycles. The zero-order valence-electron chi connectivity index (χ0n) is 8.30. The first-order chi connectivity index (χ1) is 6.72. The van der Waals surface area contributed by atoms with E-state index in [1.807, 2.05) is 18.8 Å². The van der Waals surface area contributed by atoms with Crippen molar-refractivity contribution in [1.29, 1.82) is 0 Å². The quantitative estimate of drug-likeness (QED) is 0.711. The summed E-state index contributed by atoms with van der Waals surface area (Å²) in [5.74, 6) is 0.801. The largest absolute Gasteiger partial charge is 0.475 e. The van der Waals surface area contributed by atoms with Gasteiger partial charge in [0.15, 0.2) is 0 Å². The maximum atomic E-state index is 5.62. The highest BCUT2D eigenvalue weighted by Crippen LogP contribution is 2.28. The predicted molar refractivity (Wildman–Crippen MR) is 55.2 cm³/mol. The molecule has 1 aromatic rings. The second kappa shape index (κ2) is 3.80. The zero-order valence-corrected chi connectivity index (χ0v) is 9.12. The van der Waals surface area contributed by atoms with Gasteiger partial charge in [0.25, 0.3) is 0 Å². The fourth-order valence-corrected chi connectivity index (χ4v) is 1.83. The number of hydrogen-bond donors (Lipinski definition) is 1. The van der Waals surface area contributed by atoms with Crippen molar-refractivity contribution in [3.8, 4) is 5.88 Å². The second-order valence-electron chi connectivity index (χ2n) is 3.54. The van der Waals surface area contributed by atoms with Gasteiger partial charge in [-0.15, -0.1) is 0 Å². The van der Waals surface area contributed by atoms with Crippen molar-refractivity contribution in [2.45, 2.75) is 17.5 Å². The van der Waals surface area contributed by atoms with Gasteiger partial charge in [-0.3, -0.25) is 5.14 Å². The molecular weight excluding hydrogens is 200 g/mol. The Kier molecular flexibility index (Phi) is 2.66. The van der Waals surface area contributed by atoms with Crippen molar-refractivity contribution in [3.05, 3.63) is 6.20 Å². The Balaban J connectivity index is 2.20. The van der Waals surface area contributed by atoms with Gasteiger partial charge < -0.3 is 9.64 Å². The van der Waals surface area contributed by atoms with E-state index in [2.05, 4.69) is 10.00 Å². The molecule has 0 saturated carbocycles. The third-order valence-electron chi connectivity index (χ3n) is 2.41. The first kappa shape index (κ1) is 9.82. The van der Waals surface area contributed by atoms with Gasteiger partial charge in [-0.25, -0.2) is 4.68 Å². The van der Waals surface area contributed by atoms with Crippen molar-refractivity contribution in [1.82, 2.24) is 14.7 Å². The van der Waals surface area contributed by atoms with Crippen LogP contribution >= 0.6 is 11.9 Å². The van der Waals surface area contributed by atoms with Gasteiger partial charge in [0.2, 0.25) is 5.88 Å². The molecule has 5 nitrogen and oxygen atoms in total. The molecule has 0 radical (unpaired) electrons. The highest BCUT2D eigenvalue weighted by Gasteiger charge is 2.24. The van der Waals surface area contributed by atoms with Crippen molar-refractivity contribution in [2.75, 3.05) is 20.7 Å². The lowest BCUT2D eigenvalue weighted by molar-refractivity contribution is 0.117. The Morgan fingerprint density at radius 2 is 2.50 bits per heavy atom. The van der Waals surface area contributed by atoms with Crippen LogP contribution in [0.15, 0.2) is 11.1 Å². The fraction of sp³-hybridized carbons (Fsp3) is 0.625. The summed E-state index contributed by atoms with van der Waals surface area (Å²) in [4.78, 5) is 3.04. The Morgan fingerprint density at radius 1 is 1.71 bits per heavy atom. The van der Waals surface area contributed by atoms with Crippen LogP contribution in [-0.4, -0.2) is 41.4 Å². The number of rotatable bonds is 2. The highest BCUT2D eigenvalue weighted by atomic mass is 32.2. The molecule has 1 aromatic heterocycles. The summed E-state index contributed by atoms with van der Waals surface area (Å²) < 4.78 is 7.48. The maximum Gasteiger partial charge on any atom is 0.227 e. The van der Waals surface area contributed by atoms with E-state index in [0.29, 0.717) is 12.6 Å². The summed E-state index contributed by atoms with van der Waals surface area (Å²) in [7, 11) is 4.09. The molecule has 2 heterocycles. The number of hydrogen-bond acceptors (Lipinski definition) is 5. The molecule has 0 bridgehead atoms. The predicted octanol–water partition coefficient (Wildman–Crippen LogP) is 0.171. The van der Waals surface area contributed by atoms with Crippen LogP contribution in [0.2, 0.25) is 0 Å². The number of nitrogens with two attached hydrogens (primary N) is 1. The van der Waals surface area contributed by atoms with E-state index in [4.69, 9.17) is 9.88 Å². The van der Waals surface area contributed by atoms with Gasteiger partial charge in [-0.1, -0.05) is 0 Å². The van der Waals surface area contributed by atoms with E-state index in [1.54, 1.807) is 6.20 Å². The molecule has 2 rings (SSSR count). The zero-order chi connectivity index (χ0) is 10.1. The monoisotopic (exact) mass is 214 g/mol. The van der Waals surface area contributed by atoms with Crippen LogP contribution in [0.3, 0.4) is 0 Å². The van der Waals surface area contributed by atoms with Crippen LogP contribution in [0.4, 0.5) is 0 Å². The molecule has 1 aliphatic heterocycles. The summed E-state index contributed by atoms with van der Waals surface area (Å²) >= 11 is 1.18. The third-order valence-corrected chi connectivity index (χ3v) is 2.95. The minimum Gasteiger partial charge on any atom is -0.475 e. The number of likely N-dealkylation sites (N-methyl/N-ethyl adjacent to an activating group) is 1. The Labute approximate surface area is 87.3 Å². The summed E-state index contributed by atoms with van der Waals surface area (Å²) in [6.07, 6.45) is 1.75. The Hall–Kier alpha value is -0.720.